The van der Waals surface area contributed by atoms with Gasteiger partial charge >= 0.3 is 0 Å². The van der Waals surface area contributed by atoms with Gasteiger partial charge in [0.1, 0.15) is 10.9 Å². The molecule has 0 amide bonds. The van der Waals surface area contributed by atoms with Gasteiger partial charge in [0.2, 0.25) is 0 Å². The number of thiophene rings is 1. The zero-order valence-electron chi connectivity index (χ0n) is 7.67. The molecule has 14 heavy (non-hydrogen) atoms. The number of fused-ring (bicyclic) bond motifs is 1. The topological polar surface area (TPSA) is 23.8 Å². The van der Waals surface area contributed by atoms with Crippen molar-refractivity contribution < 1.29 is 0 Å². The van der Waals surface area contributed by atoms with Crippen LogP contribution in [0.3, 0.4) is 0 Å². The number of hydrogen-bond acceptors (Lipinski definition) is 2. The minimum absolute atomic E-state index is 0.827. The molecule has 0 saturated heterocycles. The van der Waals surface area contributed by atoms with Crippen LogP contribution < -0.4 is 0 Å². The number of halogens is 1. The first-order valence-electron chi connectivity index (χ1n) is 4.25. The fraction of sp³-hybridized carbons (Fsp3) is 0.182. The molecule has 1 aromatic carbocycles. The van der Waals surface area contributed by atoms with Crippen molar-refractivity contribution in [3.8, 4) is 6.07 Å². The fourth-order valence-electron chi connectivity index (χ4n) is 1.51. The van der Waals surface area contributed by atoms with Crippen molar-refractivity contribution in [3.05, 3.63) is 34.2 Å². The van der Waals surface area contributed by atoms with Crippen LogP contribution in [0.25, 0.3) is 10.1 Å². The molecule has 1 heterocycles. The van der Waals surface area contributed by atoms with Crippen molar-refractivity contribution in [1.29, 1.82) is 5.26 Å². The lowest BCUT2D eigenvalue weighted by Gasteiger charge is -1.96. The van der Waals surface area contributed by atoms with E-state index in [2.05, 4.69) is 34.1 Å². The predicted molar refractivity (Wildman–Crippen MR) is 63.9 cm³/mol. The molecule has 0 fully saturated rings. The number of nitriles is 1. The molecular weight excluding hydrogens is 258 g/mol. The second-order valence-corrected chi connectivity index (χ2v) is 4.68. The normalized spacial score (nSPS) is 10.4. The molecule has 0 aliphatic heterocycles. The lowest BCUT2D eigenvalue weighted by Crippen LogP contribution is -1.76. The zero-order chi connectivity index (χ0) is 10.1. The Morgan fingerprint density at radius 1 is 1.50 bits per heavy atom. The molecule has 0 atom stereocenters. The third-order valence-corrected chi connectivity index (χ3v) is 4.18. The zero-order valence-corrected chi connectivity index (χ0v) is 10.1. The number of rotatable bonds is 1. The van der Waals surface area contributed by atoms with E-state index in [1.165, 1.54) is 15.6 Å². The van der Waals surface area contributed by atoms with E-state index in [4.69, 9.17) is 5.26 Å². The van der Waals surface area contributed by atoms with Crippen molar-refractivity contribution in [3.63, 3.8) is 0 Å². The monoisotopic (exact) mass is 265 g/mol. The van der Waals surface area contributed by atoms with Crippen LogP contribution in [-0.2, 0) is 5.33 Å². The van der Waals surface area contributed by atoms with E-state index in [-0.39, 0.29) is 0 Å². The third-order valence-electron chi connectivity index (χ3n) is 2.29. The Bertz CT molecular complexity index is 522. The van der Waals surface area contributed by atoms with E-state index >= 15 is 0 Å². The molecule has 0 bridgehead atoms. The molecule has 0 radical (unpaired) electrons. The van der Waals surface area contributed by atoms with E-state index in [1.807, 2.05) is 13.0 Å². The maximum Gasteiger partial charge on any atom is 0.110 e. The summed E-state index contributed by atoms with van der Waals surface area (Å²) < 4.78 is 1.23. The maximum absolute atomic E-state index is 8.93. The van der Waals surface area contributed by atoms with Gasteiger partial charge in [-0.3, -0.25) is 0 Å². The summed E-state index contributed by atoms with van der Waals surface area (Å²) in [5, 5.41) is 11.0. The van der Waals surface area contributed by atoms with Crippen molar-refractivity contribution in [1.82, 2.24) is 0 Å². The van der Waals surface area contributed by atoms with Crippen LogP contribution in [0.5, 0.6) is 0 Å². The number of alkyl halides is 1. The van der Waals surface area contributed by atoms with Gasteiger partial charge < -0.3 is 0 Å². The molecule has 3 heteroatoms. The van der Waals surface area contributed by atoms with Crippen molar-refractivity contribution >= 4 is 37.4 Å². The van der Waals surface area contributed by atoms with E-state index in [0.717, 1.165) is 15.8 Å². The summed E-state index contributed by atoms with van der Waals surface area (Å²) in [5.41, 5.74) is 2.37. The first-order valence-corrected chi connectivity index (χ1v) is 6.18. The first kappa shape index (κ1) is 9.70. The smallest absolute Gasteiger partial charge is 0.110 e. The standard InChI is InChI=1S/C11H8BrNS/c1-7-9-4-2-3-8(5-12)11(9)14-10(7)6-13/h2-4H,5H2,1H3. The van der Waals surface area contributed by atoms with Crippen LogP contribution in [0.1, 0.15) is 16.0 Å². The van der Waals surface area contributed by atoms with Gasteiger partial charge in [-0.1, -0.05) is 34.1 Å². The molecule has 70 valence electrons. The Morgan fingerprint density at radius 3 is 2.93 bits per heavy atom. The highest BCUT2D eigenvalue weighted by Gasteiger charge is 2.09. The highest BCUT2D eigenvalue weighted by molar-refractivity contribution is 9.08. The largest absolute Gasteiger partial charge is 0.192 e. The number of aryl methyl sites for hydroxylation is 1. The minimum Gasteiger partial charge on any atom is -0.192 e. The van der Waals surface area contributed by atoms with E-state index in [9.17, 15) is 0 Å². The molecule has 0 saturated carbocycles. The van der Waals surface area contributed by atoms with Gasteiger partial charge in [0.25, 0.3) is 0 Å². The Kier molecular flexibility index (Phi) is 2.58. The minimum atomic E-state index is 0.827. The summed E-state index contributed by atoms with van der Waals surface area (Å²) in [6.45, 7) is 2.01. The molecule has 0 aliphatic rings. The summed E-state index contributed by atoms with van der Waals surface area (Å²) in [5.74, 6) is 0. The van der Waals surface area contributed by atoms with Crippen molar-refractivity contribution in [2.45, 2.75) is 12.3 Å². The molecule has 1 nitrogen and oxygen atoms in total. The molecule has 2 rings (SSSR count). The van der Waals surface area contributed by atoms with Crippen LogP contribution in [0.4, 0.5) is 0 Å². The third kappa shape index (κ3) is 1.35. The van der Waals surface area contributed by atoms with Crippen LogP contribution >= 0.6 is 27.3 Å². The van der Waals surface area contributed by atoms with Crippen LogP contribution in [0.2, 0.25) is 0 Å². The summed E-state index contributed by atoms with van der Waals surface area (Å²) >= 11 is 5.04. The summed E-state index contributed by atoms with van der Waals surface area (Å²) in [7, 11) is 0. The second-order valence-electron chi connectivity index (χ2n) is 3.10. The lowest BCUT2D eigenvalue weighted by molar-refractivity contribution is 1.47. The van der Waals surface area contributed by atoms with Crippen molar-refractivity contribution in [2.75, 3.05) is 0 Å². The van der Waals surface area contributed by atoms with Crippen LogP contribution in [0, 0.1) is 18.3 Å². The maximum atomic E-state index is 8.93. The molecule has 2 aromatic rings. The summed E-state index contributed by atoms with van der Waals surface area (Å²) in [6.07, 6.45) is 0. The lowest BCUT2D eigenvalue weighted by atomic mass is 10.1. The highest BCUT2D eigenvalue weighted by Crippen LogP contribution is 2.33. The predicted octanol–water partition coefficient (Wildman–Crippen LogP) is 3.98. The SMILES string of the molecule is Cc1c(C#N)sc2c(CBr)cccc12. The molecule has 1 aromatic heterocycles. The Balaban J connectivity index is 2.85. The fourth-order valence-corrected chi connectivity index (χ4v) is 3.28. The quantitative estimate of drug-likeness (QED) is 0.716. The molecule has 0 unspecified atom stereocenters. The molecule has 0 N–H and O–H groups in total. The molecule has 0 aliphatic carbocycles. The first-order chi connectivity index (χ1) is 6.77. The molecular formula is C11H8BrNS. The number of hydrogen-bond donors (Lipinski definition) is 0. The van der Waals surface area contributed by atoms with Gasteiger partial charge in [-0.25, -0.2) is 0 Å². The number of benzene rings is 1. The Hall–Kier alpha value is -0.850. The van der Waals surface area contributed by atoms with E-state index < -0.39 is 0 Å². The van der Waals surface area contributed by atoms with Gasteiger partial charge in [-0.15, -0.1) is 11.3 Å². The van der Waals surface area contributed by atoms with Crippen LogP contribution in [-0.4, -0.2) is 0 Å². The van der Waals surface area contributed by atoms with Gasteiger partial charge in [-0.2, -0.15) is 5.26 Å². The van der Waals surface area contributed by atoms with Gasteiger partial charge in [-0.05, 0) is 23.4 Å². The van der Waals surface area contributed by atoms with Crippen LogP contribution in [0.15, 0.2) is 18.2 Å². The number of nitrogens with zero attached hydrogens (tertiary/aromatic N) is 1. The average Bonchev–Trinajstić information content (AvgIpc) is 2.55. The Morgan fingerprint density at radius 2 is 2.29 bits per heavy atom. The van der Waals surface area contributed by atoms with Gasteiger partial charge in [0.05, 0.1) is 0 Å². The summed E-state index contributed by atoms with van der Waals surface area (Å²) in [6, 6.07) is 8.45. The molecule has 0 spiro atoms. The summed E-state index contributed by atoms with van der Waals surface area (Å²) in [4.78, 5) is 0.827. The van der Waals surface area contributed by atoms with Crippen molar-refractivity contribution in [2.24, 2.45) is 0 Å². The van der Waals surface area contributed by atoms with Gasteiger partial charge in [0.15, 0.2) is 0 Å². The highest BCUT2D eigenvalue weighted by atomic mass is 79.9. The van der Waals surface area contributed by atoms with Gasteiger partial charge in [0, 0.05) is 10.0 Å². The Labute approximate surface area is 95.1 Å². The average molecular weight is 266 g/mol. The second kappa shape index (κ2) is 3.72. The van der Waals surface area contributed by atoms with E-state index in [1.54, 1.807) is 11.3 Å². The van der Waals surface area contributed by atoms with E-state index in [0.29, 0.717) is 0 Å².